The monoisotopic (exact) mass is 378 g/mol. The van der Waals surface area contributed by atoms with Gasteiger partial charge >= 0.3 is 0 Å². The predicted octanol–water partition coefficient (Wildman–Crippen LogP) is 6.25. The standard InChI is InChI=1S/C22H15ClO2S/c23-17-11-9-15(10-12-17)14-25-19-7-3-1-5-16(19)13-21-22(24)18-6-2-4-8-20(18)26-21/h1-13H,14H2/b21-13-. The second kappa shape index (κ2) is 7.40. The van der Waals surface area contributed by atoms with Crippen LogP contribution in [0.4, 0.5) is 0 Å². The molecule has 1 aliphatic rings. The zero-order valence-corrected chi connectivity index (χ0v) is 15.4. The van der Waals surface area contributed by atoms with Crippen LogP contribution in [0.15, 0.2) is 82.6 Å². The highest BCUT2D eigenvalue weighted by molar-refractivity contribution is 8.04. The summed E-state index contributed by atoms with van der Waals surface area (Å²) in [4.78, 5) is 14.3. The number of ketones is 1. The van der Waals surface area contributed by atoms with Crippen molar-refractivity contribution < 1.29 is 9.53 Å². The number of halogens is 1. The largest absolute Gasteiger partial charge is 0.488 e. The van der Waals surface area contributed by atoms with Gasteiger partial charge in [-0.25, -0.2) is 0 Å². The smallest absolute Gasteiger partial charge is 0.200 e. The summed E-state index contributed by atoms with van der Waals surface area (Å²) in [5.74, 6) is 0.817. The second-order valence-electron chi connectivity index (χ2n) is 5.89. The van der Waals surface area contributed by atoms with E-state index in [9.17, 15) is 4.79 Å². The van der Waals surface area contributed by atoms with E-state index in [2.05, 4.69) is 0 Å². The molecule has 0 bridgehead atoms. The lowest BCUT2D eigenvalue weighted by atomic mass is 10.1. The van der Waals surface area contributed by atoms with Crippen molar-refractivity contribution in [1.82, 2.24) is 0 Å². The Morgan fingerprint density at radius 1 is 0.923 bits per heavy atom. The summed E-state index contributed by atoms with van der Waals surface area (Å²) < 4.78 is 5.98. The minimum atomic E-state index is 0.0677. The molecule has 26 heavy (non-hydrogen) atoms. The molecular formula is C22H15ClO2S. The summed E-state index contributed by atoms with van der Waals surface area (Å²) in [5, 5.41) is 0.704. The summed E-state index contributed by atoms with van der Waals surface area (Å²) in [7, 11) is 0. The van der Waals surface area contributed by atoms with E-state index < -0.39 is 0 Å². The number of ether oxygens (including phenoxy) is 1. The van der Waals surface area contributed by atoms with E-state index in [1.54, 1.807) is 0 Å². The van der Waals surface area contributed by atoms with Crippen LogP contribution < -0.4 is 4.74 Å². The van der Waals surface area contributed by atoms with Gasteiger partial charge < -0.3 is 4.74 Å². The van der Waals surface area contributed by atoms with Gasteiger partial charge in [-0.05, 0) is 42.0 Å². The number of rotatable bonds is 4. The van der Waals surface area contributed by atoms with E-state index >= 15 is 0 Å². The Morgan fingerprint density at radius 3 is 2.46 bits per heavy atom. The number of fused-ring (bicyclic) bond motifs is 1. The molecule has 1 heterocycles. The first-order valence-corrected chi connectivity index (χ1v) is 9.40. The number of benzene rings is 3. The maximum Gasteiger partial charge on any atom is 0.200 e. The minimum Gasteiger partial charge on any atom is -0.488 e. The van der Waals surface area contributed by atoms with Crippen LogP contribution in [0.1, 0.15) is 21.5 Å². The third-order valence-corrected chi connectivity index (χ3v) is 5.44. The Balaban J connectivity index is 1.57. The highest BCUT2D eigenvalue weighted by Crippen LogP contribution is 2.41. The van der Waals surface area contributed by atoms with Gasteiger partial charge in [-0.2, -0.15) is 0 Å². The fourth-order valence-electron chi connectivity index (χ4n) is 2.75. The van der Waals surface area contributed by atoms with Crippen molar-refractivity contribution >= 4 is 35.2 Å². The summed E-state index contributed by atoms with van der Waals surface area (Å²) >= 11 is 7.42. The van der Waals surface area contributed by atoms with E-state index in [0.29, 0.717) is 16.5 Å². The molecule has 0 aliphatic carbocycles. The summed E-state index contributed by atoms with van der Waals surface area (Å²) in [5.41, 5.74) is 2.70. The maximum atomic E-state index is 12.6. The Labute approximate surface area is 161 Å². The number of carbonyl (C=O) groups excluding carboxylic acids is 1. The Hall–Kier alpha value is -2.49. The molecule has 2 nitrogen and oxygen atoms in total. The topological polar surface area (TPSA) is 26.3 Å². The van der Waals surface area contributed by atoms with Crippen molar-refractivity contribution in [3.8, 4) is 5.75 Å². The van der Waals surface area contributed by atoms with Crippen LogP contribution in [0.25, 0.3) is 6.08 Å². The van der Waals surface area contributed by atoms with Gasteiger partial charge in [0, 0.05) is 21.0 Å². The van der Waals surface area contributed by atoms with Crippen LogP contribution in [-0.4, -0.2) is 5.78 Å². The van der Waals surface area contributed by atoms with Crippen molar-refractivity contribution in [3.63, 3.8) is 0 Å². The molecule has 0 N–H and O–H groups in total. The fraction of sp³-hybridized carbons (Fsp3) is 0.0455. The van der Waals surface area contributed by atoms with Crippen LogP contribution >= 0.6 is 23.4 Å². The number of thioether (sulfide) groups is 1. The lowest BCUT2D eigenvalue weighted by Gasteiger charge is -2.10. The summed E-state index contributed by atoms with van der Waals surface area (Å²) in [6.07, 6.45) is 1.91. The number of carbonyl (C=O) groups is 1. The minimum absolute atomic E-state index is 0.0677. The average Bonchev–Trinajstić information content (AvgIpc) is 2.98. The lowest BCUT2D eigenvalue weighted by molar-refractivity contribution is 0.104. The van der Waals surface area contributed by atoms with Gasteiger partial charge in [-0.3, -0.25) is 4.79 Å². The molecule has 0 spiro atoms. The molecule has 0 saturated heterocycles. The van der Waals surface area contributed by atoms with Crippen LogP contribution in [0.2, 0.25) is 5.02 Å². The number of hydrogen-bond donors (Lipinski definition) is 0. The number of Topliss-reactive ketones (excluding diaryl/α,β-unsaturated/α-hetero) is 1. The highest BCUT2D eigenvalue weighted by Gasteiger charge is 2.25. The number of allylic oxidation sites excluding steroid dienone is 1. The third kappa shape index (κ3) is 3.55. The predicted molar refractivity (Wildman–Crippen MR) is 107 cm³/mol. The molecule has 0 atom stereocenters. The molecule has 4 rings (SSSR count). The molecule has 0 saturated carbocycles. The molecule has 0 amide bonds. The van der Waals surface area contributed by atoms with Gasteiger partial charge in [0.05, 0.1) is 4.91 Å². The maximum absolute atomic E-state index is 12.6. The van der Waals surface area contributed by atoms with E-state index in [4.69, 9.17) is 16.3 Å². The average molecular weight is 379 g/mol. The highest BCUT2D eigenvalue weighted by atomic mass is 35.5. The van der Waals surface area contributed by atoms with Gasteiger partial charge in [-0.1, -0.05) is 65.8 Å². The molecule has 3 aromatic carbocycles. The van der Waals surface area contributed by atoms with Crippen molar-refractivity contribution in [3.05, 3.63) is 99.4 Å². The molecule has 1 aliphatic heterocycles. The summed E-state index contributed by atoms with van der Waals surface area (Å²) in [6.45, 7) is 0.443. The van der Waals surface area contributed by atoms with Gasteiger partial charge in [0.1, 0.15) is 12.4 Å². The van der Waals surface area contributed by atoms with Gasteiger partial charge in [0.15, 0.2) is 0 Å². The van der Waals surface area contributed by atoms with Crippen LogP contribution in [0.5, 0.6) is 5.75 Å². The lowest BCUT2D eigenvalue weighted by Crippen LogP contribution is -1.98. The molecule has 0 fully saturated rings. The summed E-state index contributed by atoms with van der Waals surface area (Å²) in [6, 6.07) is 23.0. The van der Waals surface area contributed by atoms with Crippen LogP contribution in [0, 0.1) is 0 Å². The van der Waals surface area contributed by atoms with E-state index in [1.807, 2.05) is 78.9 Å². The quantitative estimate of drug-likeness (QED) is 0.502. The zero-order chi connectivity index (χ0) is 17.9. The van der Waals surface area contributed by atoms with E-state index in [-0.39, 0.29) is 5.78 Å². The first-order chi connectivity index (χ1) is 12.7. The third-order valence-electron chi connectivity index (χ3n) is 4.09. The van der Waals surface area contributed by atoms with E-state index in [1.165, 1.54) is 11.8 Å². The van der Waals surface area contributed by atoms with Crippen molar-refractivity contribution in [2.75, 3.05) is 0 Å². The molecule has 3 aromatic rings. The van der Waals surface area contributed by atoms with Gasteiger partial charge in [0.25, 0.3) is 0 Å². The normalized spacial score (nSPS) is 14.5. The Morgan fingerprint density at radius 2 is 1.65 bits per heavy atom. The van der Waals surface area contributed by atoms with Crippen LogP contribution in [-0.2, 0) is 6.61 Å². The fourth-order valence-corrected chi connectivity index (χ4v) is 3.92. The van der Waals surface area contributed by atoms with Crippen LogP contribution in [0.3, 0.4) is 0 Å². The molecule has 0 unspecified atom stereocenters. The van der Waals surface area contributed by atoms with Crippen molar-refractivity contribution in [2.24, 2.45) is 0 Å². The number of para-hydroxylation sites is 1. The Kier molecular flexibility index (Phi) is 4.83. The number of hydrogen-bond acceptors (Lipinski definition) is 3. The molecule has 128 valence electrons. The van der Waals surface area contributed by atoms with Crippen molar-refractivity contribution in [2.45, 2.75) is 11.5 Å². The SMILES string of the molecule is O=C1/C(=C/c2ccccc2OCc2ccc(Cl)cc2)Sc2ccccc21. The van der Waals surface area contributed by atoms with E-state index in [0.717, 1.165) is 27.3 Å². The van der Waals surface area contributed by atoms with Gasteiger partial charge in [0.2, 0.25) is 5.78 Å². The molecular weight excluding hydrogens is 364 g/mol. The molecule has 0 radical (unpaired) electrons. The molecule has 4 heteroatoms. The zero-order valence-electron chi connectivity index (χ0n) is 13.8. The second-order valence-corrected chi connectivity index (χ2v) is 7.41. The van der Waals surface area contributed by atoms with Gasteiger partial charge in [-0.15, -0.1) is 0 Å². The first-order valence-electron chi connectivity index (χ1n) is 8.20. The Bertz CT molecular complexity index is 993. The molecule has 0 aromatic heterocycles. The first kappa shape index (κ1) is 17.0. The van der Waals surface area contributed by atoms with Crippen molar-refractivity contribution in [1.29, 1.82) is 0 Å².